The van der Waals surface area contributed by atoms with Gasteiger partial charge in [0.1, 0.15) is 5.69 Å². The zero-order valence-corrected chi connectivity index (χ0v) is 8.80. The number of hydrogen-bond acceptors (Lipinski definition) is 1. The molecule has 0 bridgehead atoms. The standard InChI is InChI=1S/C10H16F2N2/c1-4-7(2)5-8-6-13-14(3)9(8)10(11)12/h6-7,10H,4-5H2,1-3H3. The van der Waals surface area contributed by atoms with Crippen LogP contribution in [0.4, 0.5) is 8.78 Å². The van der Waals surface area contributed by atoms with Crippen LogP contribution < -0.4 is 0 Å². The van der Waals surface area contributed by atoms with Gasteiger partial charge in [0.15, 0.2) is 0 Å². The summed E-state index contributed by atoms with van der Waals surface area (Å²) in [6.07, 6.45) is 0.802. The van der Waals surface area contributed by atoms with Gasteiger partial charge < -0.3 is 0 Å². The highest BCUT2D eigenvalue weighted by Gasteiger charge is 2.18. The van der Waals surface area contributed by atoms with Crippen molar-refractivity contribution in [2.45, 2.75) is 33.1 Å². The highest BCUT2D eigenvalue weighted by molar-refractivity contribution is 5.19. The van der Waals surface area contributed by atoms with Gasteiger partial charge in [-0.2, -0.15) is 5.10 Å². The third-order valence-corrected chi connectivity index (χ3v) is 2.54. The lowest BCUT2D eigenvalue weighted by atomic mass is 9.99. The minimum Gasteiger partial charge on any atom is -0.267 e. The lowest BCUT2D eigenvalue weighted by molar-refractivity contribution is 0.139. The van der Waals surface area contributed by atoms with Crippen molar-refractivity contribution in [3.63, 3.8) is 0 Å². The zero-order chi connectivity index (χ0) is 10.7. The molecule has 1 heterocycles. The van der Waals surface area contributed by atoms with Gasteiger partial charge >= 0.3 is 0 Å². The Kier molecular flexibility index (Phi) is 3.61. The highest BCUT2D eigenvalue weighted by Crippen LogP contribution is 2.24. The summed E-state index contributed by atoms with van der Waals surface area (Å²) in [6, 6.07) is 0. The molecule has 0 aromatic carbocycles. The van der Waals surface area contributed by atoms with Crippen LogP contribution in [0.15, 0.2) is 6.20 Å². The molecular weight excluding hydrogens is 186 g/mol. The second-order valence-corrected chi connectivity index (χ2v) is 3.70. The maximum atomic E-state index is 12.6. The minimum atomic E-state index is -2.43. The van der Waals surface area contributed by atoms with E-state index in [4.69, 9.17) is 0 Å². The average Bonchev–Trinajstić information content (AvgIpc) is 2.46. The molecule has 14 heavy (non-hydrogen) atoms. The Morgan fingerprint density at radius 3 is 2.64 bits per heavy atom. The van der Waals surface area contributed by atoms with Crippen LogP contribution in [-0.4, -0.2) is 9.78 Å². The predicted octanol–water partition coefficient (Wildman–Crippen LogP) is 2.95. The topological polar surface area (TPSA) is 17.8 Å². The number of aromatic nitrogens is 2. The number of nitrogens with zero attached hydrogens (tertiary/aromatic N) is 2. The van der Waals surface area contributed by atoms with Crippen molar-refractivity contribution in [3.05, 3.63) is 17.5 Å². The number of halogens is 2. The molecule has 0 saturated carbocycles. The van der Waals surface area contributed by atoms with Gasteiger partial charge in [0.2, 0.25) is 0 Å². The summed E-state index contributed by atoms with van der Waals surface area (Å²) in [6.45, 7) is 4.12. The molecule has 4 heteroatoms. The van der Waals surface area contributed by atoms with E-state index in [1.165, 1.54) is 4.68 Å². The maximum Gasteiger partial charge on any atom is 0.280 e. The van der Waals surface area contributed by atoms with Gasteiger partial charge in [-0.15, -0.1) is 0 Å². The first kappa shape index (κ1) is 11.1. The van der Waals surface area contributed by atoms with Gasteiger partial charge in [0, 0.05) is 7.05 Å². The molecule has 0 spiro atoms. The molecule has 1 rings (SSSR count). The number of aryl methyl sites for hydroxylation is 1. The van der Waals surface area contributed by atoms with Crippen molar-refractivity contribution >= 4 is 0 Å². The van der Waals surface area contributed by atoms with Crippen molar-refractivity contribution in [2.24, 2.45) is 13.0 Å². The minimum absolute atomic E-state index is 0.0605. The van der Waals surface area contributed by atoms with Crippen molar-refractivity contribution in [3.8, 4) is 0 Å². The Morgan fingerprint density at radius 1 is 1.50 bits per heavy atom. The third kappa shape index (κ3) is 2.30. The Hall–Kier alpha value is -0.930. The molecule has 0 aliphatic heterocycles. The monoisotopic (exact) mass is 202 g/mol. The van der Waals surface area contributed by atoms with E-state index in [1.54, 1.807) is 13.2 Å². The Balaban J connectivity index is 2.86. The molecule has 0 saturated heterocycles. The van der Waals surface area contributed by atoms with E-state index in [2.05, 4.69) is 18.9 Å². The number of rotatable bonds is 4. The van der Waals surface area contributed by atoms with E-state index in [9.17, 15) is 8.78 Å². The van der Waals surface area contributed by atoms with Crippen molar-refractivity contribution in [1.29, 1.82) is 0 Å². The van der Waals surface area contributed by atoms with Crippen molar-refractivity contribution in [2.75, 3.05) is 0 Å². The summed E-state index contributed by atoms with van der Waals surface area (Å²) in [7, 11) is 1.56. The summed E-state index contributed by atoms with van der Waals surface area (Å²) in [4.78, 5) is 0. The quantitative estimate of drug-likeness (QED) is 0.734. The van der Waals surface area contributed by atoms with E-state index >= 15 is 0 Å². The van der Waals surface area contributed by atoms with Crippen LogP contribution in [0.2, 0.25) is 0 Å². The molecular formula is C10H16F2N2. The van der Waals surface area contributed by atoms with E-state index in [0.29, 0.717) is 17.9 Å². The van der Waals surface area contributed by atoms with Gasteiger partial charge in [-0.1, -0.05) is 20.3 Å². The number of hydrogen-bond donors (Lipinski definition) is 0. The second-order valence-electron chi connectivity index (χ2n) is 3.70. The Bertz CT molecular complexity index is 294. The molecule has 0 amide bonds. The molecule has 0 fully saturated rings. The first-order valence-electron chi connectivity index (χ1n) is 4.85. The highest BCUT2D eigenvalue weighted by atomic mass is 19.3. The van der Waals surface area contributed by atoms with Crippen LogP contribution >= 0.6 is 0 Å². The molecule has 1 aromatic rings. The summed E-state index contributed by atoms with van der Waals surface area (Å²) < 4.78 is 26.5. The van der Waals surface area contributed by atoms with Crippen molar-refractivity contribution in [1.82, 2.24) is 9.78 Å². The molecule has 0 radical (unpaired) electrons. The zero-order valence-electron chi connectivity index (χ0n) is 8.80. The molecule has 0 aliphatic rings. The molecule has 1 unspecified atom stereocenters. The van der Waals surface area contributed by atoms with Gasteiger partial charge in [-0.25, -0.2) is 8.78 Å². The largest absolute Gasteiger partial charge is 0.280 e. The average molecular weight is 202 g/mol. The second kappa shape index (κ2) is 4.53. The van der Waals surface area contributed by atoms with Gasteiger partial charge in [0.25, 0.3) is 6.43 Å². The van der Waals surface area contributed by atoms with Gasteiger partial charge in [-0.3, -0.25) is 4.68 Å². The predicted molar refractivity (Wildman–Crippen MR) is 51.3 cm³/mol. The Morgan fingerprint density at radius 2 is 2.14 bits per heavy atom. The van der Waals surface area contributed by atoms with Crippen molar-refractivity contribution < 1.29 is 8.78 Å². The molecule has 80 valence electrons. The fourth-order valence-electron chi connectivity index (χ4n) is 1.45. The van der Waals surface area contributed by atoms with E-state index in [-0.39, 0.29) is 5.69 Å². The first-order valence-corrected chi connectivity index (χ1v) is 4.85. The molecule has 2 nitrogen and oxygen atoms in total. The van der Waals surface area contributed by atoms with E-state index < -0.39 is 6.43 Å². The lowest BCUT2D eigenvalue weighted by Crippen LogP contribution is -2.04. The molecule has 0 aliphatic carbocycles. The molecule has 1 atom stereocenters. The summed E-state index contributed by atoms with van der Waals surface area (Å²) in [5.74, 6) is 0.427. The van der Waals surface area contributed by atoms with Crippen LogP contribution in [0, 0.1) is 5.92 Å². The maximum absolute atomic E-state index is 12.6. The van der Waals surface area contributed by atoms with E-state index in [1.807, 2.05) is 0 Å². The normalized spacial score (nSPS) is 13.6. The number of alkyl halides is 2. The molecule has 0 N–H and O–H groups in total. The summed E-state index contributed by atoms with van der Waals surface area (Å²) in [5.41, 5.74) is 0.738. The molecule has 1 aromatic heterocycles. The van der Waals surface area contributed by atoms with Crippen LogP contribution in [0.25, 0.3) is 0 Å². The van der Waals surface area contributed by atoms with Crippen LogP contribution in [0.3, 0.4) is 0 Å². The summed E-state index contributed by atoms with van der Waals surface area (Å²) >= 11 is 0. The summed E-state index contributed by atoms with van der Waals surface area (Å²) in [5, 5.41) is 3.86. The van der Waals surface area contributed by atoms with Crippen LogP contribution in [-0.2, 0) is 13.5 Å². The fraction of sp³-hybridized carbons (Fsp3) is 0.700. The lowest BCUT2D eigenvalue weighted by Gasteiger charge is -2.09. The van der Waals surface area contributed by atoms with Gasteiger partial charge in [0.05, 0.1) is 6.20 Å². The fourth-order valence-corrected chi connectivity index (χ4v) is 1.45. The van der Waals surface area contributed by atoms with Gasteiger partial charge in [-0.05, 0) is 17.9 Å². The SMILES string of the molecule is CCC(C)Cc1cnn(C)c1C(F)F. The van der Waals surface area contributed by atoms with Crippen LogP contribution in [0.1, 0.15) is 38.0 Å². The smallest absolute Gasteiger partial charge is 0.267 e. The Labute approximate surface area is 82.9 Å². The first-order chi connectivity index (χ1) is 6.56. The van der Waals surface area contributed by atoms with Crippen LogP contribution in [0.5, 0.6) is 0 Å². The van der Waals surface area contributed by atoms with E-state index in [0.717, 1.165) is 6.42 Å². The third-order valence-electron chi connectivity index (χ3n) is 2.54.